The van der Waals surface area contributed by atoms with Crippen molar-refractivity contribution in [2.45, 2.75) is 20.8 Å². The van der Waals surface area contributed by atoms with Crippen LogP contribution in [0.1, 0.15) is 31.9 Å². The molecule has 0 spiro atoms. The van der Waals surface area contributed by atoms with Crippen LogP contribution in [0.5, 0.6) is 11.5 Å². The third-order valence-electron chi connectivity index (χ3n) is 5.29. The molecule has 0 aliphatic rings. The number of quaternary nitrogens is 1. The molecule has 0 saturated carbocycles. The molecule has 0 fully saturated rings. The summed E-state index contributed by atoms with van der Waals surface area (Å²) in [5, 5.41) is 0. The fraction of sp³-hybridized carbons (Fsp3) is 0.391. The van der Waals surface area contributed by atoms with Crippen molar-refractivity contribution in [2.75, 3.05) is 39.9 Å². The molecule has 140 valence electrons. The van der Waals surface area contributed by atoms with Gasteiger partial charge in [0.05, 0.1) is 26.7 Å². The minimum atomic E-state index is 0.758. The maximum atomic E-state index is 5.96. The average molecular weight is 355 g/mol. The van der Waals surface area contributed by atoms with Crippen LogP contribution in [0.3, 0.4) is 0 Å². The SMILES string of the molecule is CC[N+](CC)(CC)CCOc1ccc(/C=C/c2cccc(OC)c2)cc1. The number of ether oxygens (including phenoxy) is 2. The zero-order valence-electron chi connectivity index (χ0n) is 16.6. The van der Waals surface area contributed by atoms with E-state index < -0.39 is 0 Å². The first-order chi connectivity index (χ1) is 12.6. The molecule has 0 saturated heterocycles. The molecule has 0 heterocycles. The van der Waals surface area contributed by atoms with Gasteiger partial charge in [-0.3, -0.25) is 0 Å². The highest BCUT2D eigenvalue weighted by Crippen LogP contribution is 2.17. The predicted octanol–water partition coefficient (Wildman–Crippen LogP) is 5.12. The fourth-order valence-corrected chi connectivity index (χ4v) is 3.12. The summed E-state index contributed by atoms with van der Waals surface area (Å²) in [6.45, 7) is 12.1. The second kappa shape index (κ2) is 10.0. The highest BCUT2D eigenvalue weighted by atomic mass is 16.5. The van der Waals surface area contributed by atoms with Crippen molar-refractivity contribution >= 4 is 12.2 Å². The van der Waals surface area contributed by atoms with Crippen molar-refractivity contribution in [2.24, 2.45) is 0 Å². The molecule has 0 unspecified atom stereocenters. The lowest BCUT2D eigenvalue weighted by atomic mass is 10.1. The molecule has 2 aromatic rings. The summed E-state index contributed by atoms with van der Waals surface area (Å²) >= 11 is 0. The van der Waals surface area contributed by atoms with Gasteiger partial charge < -0.3 is 14.0 Å². The Balaban J connectivity index is 1.90. The van der Waals surface area contributed by atoms with Crippen molar-refractivity contribution in [1.82, 2.24) is 0 Å². The van der Waals surface area contributed by atoms with E-state index in [4.69, 9.17) is 9.47 Å². The second-order valence-corrected chi connectivity index (χ2v) is 6.54. The van der Waals surface area contributed by atoms with Gasteiger partial charge in [-0.05, 0) is 56.2 Å². The summed E-state index contributed by atoms with van der Waals surface area (Å²) < 4.78 is 12.3. The summed E-state index contributed by atoms with van der Waals surface area (Å²) in [6.07, 6.45) is 4.19. The van der Waals surface area contributed by atoms with Crippen molar-refractivity contribution in [3.63, 3.8) is 0 Å². The summed E-state index contributed by atoms with van der Waals surface area (Å²) in [7, 11) is 1.69. The molecule has 3 nitrogen and oxygen atoms in total. The van der Waals surface area contributed by atoms with E-state index in [1.165, 1.54) is 0 Å². The molecule has 0 radical (unpaired) electrons. The van der Waals surface area contributed by atoms with Gasteiger partial charge in [0.15, 0.2) is 0 Å². The smallest absolute Gasteiger partial charge is 0.137 e. The Bertz CT molecular complexity index is 679. The van der Waals surface area contributed by atoms with Crippen molar-refractivity contribution < 1.29 is 14.0 Å². The maximum absolute atomic E-state index is 5.96. The molecule has 0 atom stereocenters. The normalized spacial score (nSPS) is 11.7. The van der Waals surface area contributed by atoms with E-state index in [0.29, 0.717) is 0 Å². The minimum absolute atomic E-state index is 0.758. The van der Waals surface area contributed by atoms with Gasteiger partial charge in [0.25, 0.3) is 0 Å². The number of hydrogen-bond acceptors (Lipinski definition) is 2. The van der Waals surface area contributed by atoms with Crippen LogP contribution in [-0.2, 0) is 0 Å². The molecule has 0 aromatic heterocycles. The van der Waals surface area contributed by atoms with Crippen LogP contribution in [-0.4, -0.2) is 44.4 Å². The zero-order chi connectivity index (χ0) is 18.8. The second-order valence-electron chi connectivity index (χ2n) is 6.54. The number of benzene rings is 2. The quantitative estimate of drug-likeness (QED) is 0.435. The Labute approximate surface area is 158 Å². The van der Waals surface area contributed by atoms with Gasteiger partial charge in [0.2, 0.25) is 0 Å². The van der Waals surface area contributed by atoms with E-state index in [2.05, 4.69) is 51.1 Å². The van der Waals surface area contributed by atoms with Crippen molar-refractivity contribution in [1.29, 1.82) is 0 Å². The molecule has 2 aromatic carbocycles. The standard InChI is InChI=1S/C23H32NO2/c1-5-24(6-2,7-3)17-18-26-22-15-13-20(14-16-22)11-12-21-9-8-10-23(19-21)25-4/h8-16,19H,5-7,17-18H2,1-4H3/q+1/b12-11+. The van der Waals surface area contributed by atoms with Gasteiger partial charge in [0, 0.05) is 0 Å². The van der Waals surface area contributed by atoms with Gasteiger partial charge in [0.1, 0.15) is 24.7 Å². The number of hydrogen-bond donors (Lipinski definition) is 0. The van der Waals surface area contributed by atoms with Crippen LogP contribution in [0.4, 0.5) is 0 Å². The maximum Gasteiger partial charge on any atom is 0.137 e. The largest absolute Gasteiger partial charge is 0.497 e. The van der Waals surface area contributed by atoms with Gasteiger partial charge in [-0.2, -0.15) is 0 Å². The van der Waals surface area contributed by atoms with Gasteiger partial charge in [-0.1, -0.05) is 36.4 Å². The van der Waals surface area contributed by atoms with Crippen LogP contribution in [0, 0.1) is 0 Å². The third kappa shape index (κ3) is 5.63. The monoisotopic (exact) mass is 354 g/mol. The molecule has 0 aliphatic heterocycles. The van der Waals surface area contributed by atoms with E-state index in [-0.39, 0.29) is 0 Å². The Kier molecular flexibility index (Phi) is 7.73. The summed E-state index contributed by atoms with van der Waals surface area (Å²) in [5.74, 6) is 1.81. The Morgan fingerprint density at radius 2 is 1.46 bits per heavy atom. The Morgan fingerprint density at radius 1 is 0.808 bits per heavy atom. The lowest BCUT2D eigenvalue weighted by Crippen LogP contribution is -2.49. The van der Waals surface area contributed by atoms with Gasteiger partial charge in [-0.25, -0.2) is 0 Å². The molecule has 0 amide bonds. The Hall–Kier alpha value is -2.26. The number of methoxy groups -OCH3 is 1. The highest BCUT2D eigenvalue weighted by Gasteiger charge is 2.20. The van der Waals surface area contributed by atoms with Crippen LogP contribution >= 0.6 is 0 Å². The average Bonchev–Trinajstić information content (AvgIpc) is 2.71. The summed E-state index contributed by atoms with van der Waals surface area (Å²) in [5.41, 5.74) is 2.28. The predicted molar refractivity (Wildman–Crippen MR) is 111 cm³/mol. The van der Waals surface area contributed by atoms with Gasteiger partial charge >= 0.3 is 0 Å². The molecular weight excluding hydrogens is 322 g/mol. The first-order valence-corrected chi connectivity index (χ1v) is 9.54. The first kappa shape index (κ1) is 20.1. The molecule has 2 rings (SSSR count). The van der Waals surface area contributed by atoms with E-state index in [1.807, 2.05) is 30.3 Å². The van der Waals surface area contributed by atoms with E-state index in [9.17, 15) is 0 Å². The first-order valence-electron chi connectivity index (χ1n) is 9.54. The van der Waals surface area contributed by atoms with Crippen LogP contribution in [0.2, 0.25) is 0 Å². The number of rotatable bonds is 10. The topological polar surface area (TPSA) is 18.5 Å². The van der Waals surface area contributed by atoms with E-state index >= 15 is 0 Å². The third-order valence-corrected chi connectivity index (χ3v) is 5.29. The highest BCUT2D eigenvalue weighted by molar-refractivity contribution is 5.70. The Morgan fingerprint density at radius 3 is 2.08 bits per heavy atom. The lowest BCUT2D eigenvalue weighted by molar-refractivity contribution is -0.923. The van der Waals surface area contributed by atoms with Gasteiger partial charge in [-0.15, -0.1) is 0 Å². The fourth-order valence-electron chi connectivity index (χ4n) is 3.12. The summed E-state index contributed by atoms with van der Waals surface area (Å²) in [4.78, 5) is 0. The van der Waals surface area contributed by atoms with E-state index in [1.54, 1.807) is 7.11 Å². The van der Waals surface area contributed by atoms with Crippen molar-refractivity contribution in [3.8, 4) is 11.5 Å². The van der Waals surface area contributed by atoms with E-state index in [0.717, 1.165) is 59.9 Å². The summed E-state index contributed by atoms with van der Waals surface area (Å²) in [6, 6.07) is 16.3. The molecule has 3 heteroatoms. The molecule has 0 N–H and O–H groups in total. The van der Waals surface area contributed by atoms with Crippen LogP contribution in [0.15, 0.2) is 48.5 Å². The molecule has 0 aliphatic carbocycles. The zero-order valence-corrected chi connectivity index (χ0v) is 16.6. The minimum Gasteiger partial charge on any atom is -0.497 e. The lowest BCUT2D eigenvalue weighted by Gasteiger charge is -2.35. The number of likely N-dealkylation sites (N-methyl/N-ethyl adjacent to an activating group) is 1. The van der Waals surface area contributed by atoms with Crippen molar-refractivity contribution in [3.05, 3.63) is 59.7 Å². The number of nitrogens with zero attached hydrogens (tertiary/aromatic N) is 1. The molecule has 26 heavy (non-hydrogen) atoms. The van der Waals surface area contributed by atoms with Crippen LogP contribution in [0.25, 0.3) is 12.2 Å². The molecule has 0 bridgehead atoms. The molecular formula is C23H32NO2+. The van der Waals surface area contributed by atoms with Crippen LogP contribution < -0.4 is 9.47 Å².